The van der Waals surface area contributed by atoms with Crippen LogP contribution >= 0.6 is 0 Å². The molecule has 2 amide bonds. The summed E-state index contributed by atoms with van der Waals surface area (Å²) in [4.78, 5) is 41.2. The van der Waals surface area contributed by atoms with Gasteiger partial charge in [-0.3, -0.25) is 14.4 Å². The van der Waals surface area contributed by atoms with Crippen LogP contribution in [-0.4, -0.2) is 47.7 Å². The minimum absolute atomic E-state index is 0.0418. The van der Waals surface area contributed by atoms with Crippen LogP contribution < -0.4 is 10.1 Å². The van der Waals surface area contributed by atoms with Crippen molar-refractivity contribution in [3.63, 3.8) is 0 Å². The van der Waals surface area contributed by atoms with Crippen LogP contribution in [0.5, 0.6) is 5.75 Å². The maximum absolute atomic E-state index is 13.5. The van der Waals surface area contributed by atoms with E-state index in [0.29, 0.717) is 31.6 Å². The first-order valence-electron chi connectivity index (χ1n) is 14.0. The molecule has 2 spiro atoms. The molecule has 3 aliphatic carbocycles. The molecule has 1 N–H and O–H groups in total. The van der Waals surface area contributed by atoms with Crippen molar-refractivity contribution >= 4 is 17.6 Å². The molecule has 37 heavy (non-hydrogen) atoms. The highest BCUT2D eigenvalue weighted by Gasteiger charge is 2.50. The summed E-state index contributed by atoms with van der Waals surface area (Å²) in [6.07, 6.45) is 11.2. The molecule has 7 heteroatoms. The average Bonchev–Trinajstić information content (AvgIpc) is 3.55. The highest BCUT2D eigenvalue weighted by Crippen LogP contribution is 2.56. The van der Waals surface area contributed by atoms with Crippen molar-refractivity contribution in [1.82, 2.24) is 10.2 Å². The first kappa shape index (κ1) is 25.8. The zero-order chi connectivity index (χ0) is 26.0. The van der Waals surface area contributed by atoms with Crippen LogP contribution in [0.4, 0.5) is 0 Å². The van der Waals surface area contributed by atoms with Gasteiger partial charge in [0.05, 0.1) is 6.07 Å². The summed E-state index contributed by atoms with van der Waals surface area (Å²) < 4.78 is 5.76. The van der Waals surface area contributed by atoms with E-state index in [1.165, 1.54) is 6.42 Å². The van der Waals surface area contributed by atoms with E-state index in [-0.39, 0.29) is 41.0 Å². The zero-order valence-electron chi connectivity index (χ0n) is 22.0. The number of rotatable bonds is 7. The largest absolute Gasteiger partial charge is 0.484 e. The van der Waals surface area contributed by atoms with Gasteiger partial charge in [-0.25, -0.2) is 0 Å². The smallest absolute Gasteiger partial charge is 0.261 e. The number of benzene rings is 1. The normalized spacial score (nSPS) is 26.5. The van der Waals surface area contributed by atoms with Crippen molar-refractivity contribution in [2.75, 3.05) is 13.2 Å². The highest BCUT2D eigenvalue weighted by atomic mass is 16.5. The number of ketones is 1. The van der Waals surface area contributed by atoms with Crippen molar-refractivity contribution in [3.8, 4) is 11.8 Å². The molecule has 7 nitrogen and oxygen atoms in total. The van der Waals surface area contributed by atoms with Crippen molar-refractivity contribution in [2.24, 2.45) is 16.7 Å². The second-order valence-corrected chi connectivity index (χ2v) is 12.2. The number of Topliss-reactive ketones (excluding diaryl/α,β-unsaturated/α-hetero) is 1. The first-order valence-corrected chi connectivity index (χ1v) is 14.0. The highest BCUT2D eigenvalue weighted by molar-refractivity contribution is 5.89. The Kier molecular flexibility index (Phi) is 7.29. The van der Waals surface area contributed by atoms with Crippen LogP contribution in [0.25, 0.3) is 0 Å². The Hall–Kier alpha value is -2.88. The number of likely N-dealkylation sites (tertiary alicyclic amines) is 1. The predicted molar refractivity (Wildman–Crippen MR) is 138 cm³/mol. The Morgan fingerprint density at radius 2 is 1.84 bits per heavy atom. The summed E-state index contributed by atoms with van der Waals surface area (Å²) in [5.74, 6) is 0.227. The third-order valence-corrected chi connectivity index (χ3v) is 9.41. The fourth-order valence-electron chi connectivity index (χ4n) is 6.87. The lowest BCUT2D eigenvalue weighted by molar-refractivity contribution is -0.140. The summed E-state index contributed by atoms with van der Waals surface area (Å²) in [5, 5.41) is 12.7. The van der Waals surface area contributed by atoms with Gasteiger partial charge in [0.1, 0.15) is 23.6 Å². The third kappa shape index (κ3) is 5.84. The molecule has 3 saturated carbocycles. The number of nitriles is 1. The molecule has 3 atom stereocenters. The molecule has 4 aliphatic rings. The maximum Gasteiger partial charge on any atom is 0.261 e. The van der Waals surface area contributed by atoms with Crippen LogP contribution in [0.3, 0.4) is 0 Å². The number of carbonyl (C=O) groups is 3. The Balaban J connectivity index is 1.23. The van der Waals surface area contributed by atoms with Crippen LogP contribution in [-0.2, 0) is 14.4 Å². The predicted octanol–water partition coefficient (Wildman–Crippen LogP) is 4.47. The third-order valence-electron chi connectivity index (χ3n) is 9.41. The number of carbonyl (C=O) groups excluding carboxylic acids is 3. The first-order chi connectivity index (χ1) is 17.8. The van der Waals surface area contributed by atoms with E-state index in [2.05, 4.69) is 11.4 Å². The van der Waals surface area contributed by atoms with Crippen LogP contribution in [0, 0.1) is 35.0 Å². The van der Waals surface area contributed by atoms with Crippen molar-refractivity contribution < 1.29 is 19.1 Å². The van der Waals surface area contributed by atoms with Gasteiger partial charge in [-0.05, 0) is 81.3 Å². The van der Waals surface area contributed by atoms with Gasteiger partial charge in [0, 0.05) is 18.9 Å². The van der Waals surface area contributed by atoms with E-state index < -0.39 is 12.1 Å². The number of hydrogen-bond acceptors (Lipinski definition) is 5. The fraction of sp³-hybridized carbons (Fsp3) is 0.667. The van der Waals surface area contributed by atoms with Gasteiger partial charge in [0.2, 0.25) is 5.91 Å². The second-order valence-electron chi connectivity index (χ2n) is 12.2. The Morgan fingerprint density at radius 3 is 2.49 bits per heavy atom. The van der Waals surface area contributed by atoms with E-state index in [1.807, 2.05) is 31.2 Å². The molecule has 4 fully saturated rings. The molecule has 1 aromatic rings. The summed E-state index contributed by atoms with van der Waals surface area (Å²) in [6.45, 7) is 2.43. The standard InChI is InChI=1S/C30H39N3O4/c1-21-5-7-24(8-6-21)37-19-27(35)33-20-30(10-3-2-4-11-30)16-25(33)28(36)32-23(18-31)15-22-9-12-29(13-14-29)17-26(22)34/h5-8,22-23,25H,2-4,9-17,19-20H2,1H3,(H,32,36)/t22-,23-,25?/m0/s1. The van der Waals surface area contributed by atoms with Crippen molar-refractivity contribution in [2.45, 2.75) is 96.1 Å². The van der Waals surface area contributed by atoms with Crippen molar-refractivity contribution in [3.05, 3.63) is 29.8 Å². The molecule has 0 aromatic heterocycles. The number of aryl methyl sites for hydroxylation is 1. The minimum Gasteiger partial charge on any atom is -0.484 e. The summed E-state index contributed by atoms with van der Waals surface area (Å²) in [7, 11) is 0. The average molecular weight is 506 g/mol. The molecule has 1 unspecified atom stereocenters. The molecule has 1 aromatic carbocycles. The monoisotopic (exact) mass is 505 g/mol. The topological polar surface area (TPSA) is 99.5 Å². The number of nitrogens with zero attached hydrogens (tertiary/aromatic N) is 2. The molecule has 1 aliphatic heterocycles. The molecule has 1 saturated heterocycles. The number of nitrogens with one attached hydrogen (secondary N) is 1. The molecule has 1 heterocycles. The zero-order valence-corrected chi connectivity index (χ0v) is 22.0. The van der Waals surface area contributed by atoms with E-state index in [0.717, 1.165) is 56.9 Å². The Bertz CT molecular complexity index is 1070. The lowest BCUT2D eigenvalue weighted by Crippen LogP contribution is -2.50. The van der Waals surface area contributed by atoms with Gasteiger partial charge in [-0.15, -0.1) is 0 Å². The van der Waals surface area contributed by atoms with Crippen LogP contribution in [0.1, 0.15) is 82.6 Å². The summed E-state index contributed by atoms with van der Waals surface area (Å²) in [6, 6.07) is 8.44. The van der Waals surface area contributed by atoms with E-state index in [4.69, 9.17) is 4.74 Å². The molecular formula is C30H39N3O4. The Morgan fingerprint density at radius 1 is 1.11 bits per heavy atom. The molecule has 198 valence electrons. The van der Waals surface area contributed by atoms with E-state index in [1.54, 1.807) is 4.90 Å². The number of ether oxygens (including phenoxy) is 1. The molecule has 0 bridgehead atoms. The lowest BCUT2D eigenvalue weighted by Gasteiger charge is -2.33. The number of hydrogen-bond donors (Lipinski definition) is 1. The minimum atomic E-state index is -0.724. The van der Waals surface area contributed by atoms with Crippen LogP contribution in [0.2, 0.25) is 0 Å². The summed E-state index contributed by atoms with van der Waals surface area (Å²) in [5.41, 5.74) is 1.32. The van der Waals surface area contributed by atoms with Crippen molar-refractivity contribution in [1.29, 1.82) is 5.26 Å². The second kappa shape index (κ2) is 10.5. The van der Waals surface area contributed by atoms with Crippen LogP contribution in [0.15, 0.2) is 24.3 Å². The Labute approximate surface area is 219 Å². The maximum atomic E-state index is 13.5. The van der Waals surface area contributed by atoms with Gasteiger partial charge >= 0.3 is 0 Å². The fourth-order valence-corrected chi connectivity index (χ4v) is 6.87. The van der Waals surface area contributed by atoms with Gasteiger partial charge in [-0.2, -0.15) is 5.26 Å². The van der Waals surface area contributed by atoms with E-state index >= 15 is 0 Å². The van der Waals surface area contributed by atoms with E-state index in [9.17, 15) is 19.6 Å². The molecular weight excluding hydrogens is 466 g/mol. The quantitative estimate of drug-likeness (QED) is 0.589. The van der Waals surface area contributed by atoms with Gasteiger partial charge in [0.15, 0.2) is 6.61 Å². The SMILES string of the molecule is Cc1ccc(OCC(=O)N2CC3(CCCCC3)CC2C(=O)N[C@H](C#N)C[C@@H]2CCC3(CC3)CC2=O)cc1. The molecule has 0 radical (unpaired) electrons. The van der Waals surface area contributed by atoms with Gasteiger partial charge < -0.3 is 15.0 Å². The number of amides is 2. The lowest BCUT2D eigenvalue weighted by atomic mass is 9.72. The molecule has 5 rings (SSSR count). The summed E-state index contributed by atoms with van der Waals surface area (Å²) >= 11 is 0. The van der Waals surface area contributed by atoms with Gasteiger partial charge in [0.25, 0.3) is 5.91 Å². The van der Waals surface area contributed by atoms with Gasteiger partial charge in [-0.1, -0.05) is 37.0 Å².